The highest BCUT2D eigenvalue weighted by Gasteiger charge is 2.27. The summed E-state index contributed by atoms with van der Waals surface area (Å²) in [6, 6.07) is 0.500. The van der Waals surface area contributed by atoms with Crippen LogP contribution in [0.4, 0.5) is 0 Å². The van der Waals surface area contributed by atoms with Crippen LogP contribution < -0.4 is 0 Å². The predicted molar refractivity (Wildman–Crippen MR) is 83.2 cm³/mol. The van der Waals surface area contributed by atoms with Crippen molar-refractivity contribution in [1.29, 1.82) is 0 Å². The van der Waals surface area contributed by atoms with Crippen molar-refractivity contribution in [1.82, 2.24) is 24.8 Å². The first-order valence-corrected chi connectivity index (χ1v) is 7.71. The first-order valence-electron chi connectivity index (χ1n) is 7.71. The first kappa shape index (κ1) is 15.1. The number of aromatic nitrogens is 3. The summed E-state index contributed by atoms with van der Waals surface area (Å²) < 4.78 is 5.65. The average molecular weight is 301 g/mol. The minimum absolute atomic E-state index is 0.500. The maximum Gasteiger partial charge on any atom is 0.208 e. The molecule has 2 aromatic heterocycles. The molecule has 1 unspecified atom stereocenters. The van der Waals surface area contributed by atoms with Crippen molar-refractivity contribution in [3.05, 3.63) is 41.6 Å². The lowest BCUT2D eigenvalue weighted by Gasteiger charge is -2.27. The maximum atomic E-state index is 5.65. The standard InChI is InChI=1S/C16H23N5O/c1-12-6-18-14(8-17-12)9-21(15-4-5-20(3)10-15)11-16-19-7-13(2)22-16/h6-8,15H,4-5,9-11H2,1-3H3. The number of nitrogens with zero attached hydrogens (tertiary/aromatic N) is 5. The fourth-order valence-corrected chi connectivity index (χ4v) is 2.88. The van der Waals surface area contributed by atoms with Crippen molar-refractivity contribution in [3.63, 3.8) is 0 Å². The van der Waals surface area contributed by atoms with Crippen LogP contribution in [-0.4, -0.2) is 50.9 Å². The predicted octanol–water partition coefficient (Wildman–Crippen LogP) is 1.79. The minimum Gasteiger partial charge on any atom is -0.445 e. The van der Waals surface area contributed by atoms with Gasteiger partial charge in [0.1, 0.15) is 5.76 Å². The Labute approximate surface area is 131 Å². The number of likely N-dealkylation sites (N-methyl/N-ethyl adjacent to an activating group) is 1. The van der Waals surface area contributed by atoms with Gasteiger partial charge in [-0.05, 0) is 33.9 Å². The fourth-order valence-electron chi connectivity index (χ4n) is 2.88. The summed E-state index contributed by atoms with van der Waals surface area (Å²) in [4.78, 5) is 17.9. The zero-order chi connectivity index (χ0) is 15.5. The summed E-state index contributed by atoms with van der Waals surface area (Å²) in [5, 5.41) is 0. The van der Waals surface area contributed by atoms with Crippen molar-refractivity contribution >= 4 is 0 Å². The Morgan fingerprint density at radius 3 is 2.64 bits per heavy atom. The average Bonchev–Trinajstić information content (AvgIpc) is 3.09. The second-order valence-electron chi connectivity index (χ2n) is 6.12. The molecule has 0 amide bonds. The van der Waals surface area contributed by atoms with Crippen molar-refractivity contribution in [2.45, 2.75) is 39.4 Å². The third-order valence-electron chi connectivity index (χ3n) is 4.09. The second-order valence-corrected chi connectivity index (χ2v) is 6.12. The molecule has 2 aromatic rings. The van der Waals surface area contributed by atoms with E-state index in [2.05, 4.69) is 31.8 Å². The molecule has 1 saturated heterocycles. The molecule has 3 heterocycles. The maximum absolute atomic E-state index is 5.65. The molecule has 0 saturated carbocycles. The Morgan fingerprint density at radius 2 is 2.05 bits per heavy atom. The summed E-state index contributed by atoms with van der Waals surface area (Å²) >= 11 is 0. The van der Waals surface area contributed by atoms with Gasteiger partial charge in [-0.1, -0.05) is 0 Å². The summed E-state index contributed by atoms with van der Waals surface area (Å²) in [5.74, 6) is 1.63. The number of oxazole rings is 1. The van der Waals surface area contributed by atoms with Crippen LogP contribution in [0, 0.1) is 13.8 Å². The van der Waals surface area contributed by atoms with Gasteiger partial charge in [-0.3, -0.25) is 14.9 Å². The molecule has 0 N–H and O–H groups in total. The quantitative estimate of drug-likeness (QED) is 0.839. The van der Waals surface area contributed by atoms with Crippen LogP contribution in [0.5, 0.6) is 0 Å². The molecule has 1 aliphatic rings. The first-order chi connectivity index (χ1) is 10.6. The van der Waals surface area contributed by atoms with Gasteiger partial charge in [-0.15, -0.1) is 0 Å². The molecular weight excluding hydrogens is 278 g/mol. The molecule has 6 nitrogen and oxygen atoms in total. The lowest BCUT2D eigenvalue weighted by atomic mass is 10.2. The molecule has 118 valence electrons. The highest BCUT2D eigenvalue weighted by Crippen LogP contribution is 2.19. The Kier molecular flexibility index (Phi) is 4.49. The van der Waals surface area contributed by atoms with Gasteiger partial charge in [0.05, 0.1) is 24.1 Å². The van der Waals surface area contributed by atoms with E-state index in [0.29, 0.717) is 12.6 Å². The summed E-state index contributed by atoms with van der Waals surface area (Å²) in [7, 11) is 2.17. The normalized spacial score (nSPS) is 19.2. The number of rotatable bonds is 5. The highest BCUT2D eigenvalue weighted by molar-refractivity contribution is 5.02. The van der Waals surface area contributed by atoms with Gasteiger partial charge in [0.2, 0.25) is 5.89 Å². The van der Waals surface area contributed by atoms with E-state index < -0.39 is 0 Å². The summed E-state index contributed by atoms with van der Waals surface area (Å²) in [6.07, 6.45) is 6.63. The third-order valence-corrected chi connectivity index (χ3v) is 4.09. The molecule has 0 bridgehead atoms. The van der Waals surface area contributed by atoms with Crippen LogP contribution in [0.2, 0.25) is 0 Å². The summed E-state index contributed by atoms with van der Waals surface area (Å²) in [5.41, 5.74) is 1.93. The van der Waals surface area contributed by atoms with Crippen LogP contribution in [0.15, 0.2) is 23.0 Å². The lowest BCUT2D eigenvalue weighted by Crippen LogP contribution is -2.36. The van der Waals surface area contributed by atoms with E-state index in [4.69, 9.17) is 4.42 Å². The summed E-state index contributed by atoms with van der Waals surface area (Å²) in [6.45, 7) is 7.56. The van der Waals surface area contributed by atoms with Crippen LogP contribution >= 0.6 is 0 Å². The van der Waals surface area contributed by atoms with Crippen LogP contribution in [-0.2, 0) is 13.1 Å². The lowest BCUT2D eigenvalue weighted by molar-refractivity contribution is 0.161. The number of likely N-dealkylation sites (tertiary alicyclic amines) is 1. The Hall–Kier alpha value is -1.79. The smallest absolute Gasteiger partial charge is 0.208 e. The molecule has 1 fully saturated rings. The van der Waals surface area contributed by atoms with Gasteiger partial charge in [-0.2, -0.15) is 0 Å². The Balaban J connectivity index is 1.74. The fraction of sp³-hybridized carbons (Fsp3) is 0.562. The minimum atomic E-state index is 0.500. The Morgan fingerprint density at radius 1 is 1.18 bits per heavy atom. The zero-order valence-electron chi connectivity index (χ0n) is 13.5. The van der Waals surface area contributed by atoms with E-state index in [1.807, 2.05) is 26.2 Å². The van der Waals surface area contributed by atoms with Crippen LogP contribution in [0.25, 0.3) is 0 Å². The molecule has 0 radical (unpaired) electrons. The topological polar surface area (TPSA) is 58.3 Å². The molecule has 0 aliphatic carbocycles. The Bertz CT molecular complexity index is 609. The molecule has 6 heteroatoms. The molecule has 0 aromatic carbocycles. The van der Waals surface area contributed by atoms with Gasteiger partial charge in [0, 0.05) is 31.5 Å². The van der Waals surface area contributed by atoms with Crippen molar-refractivity contribution in [2.24, 2.45) is 0 Å². The zero-order valence-corrected chi connectivity index (χ0v) is 13.5. The molecule has 1 atom stereocenters. The van der Waals surface area contributed by atoms with Gasteiger partial charge in [-0.25, -0.2) is 4.98 Å². The second kappa shape index (κ2) is 6.54. The van der Waals surface area contributed by atoms with Gasteiger partial charge >= 0.3 is 0 Å². The molecule has 22 heavy (non-hydrogen) atoms. The highest BCUT2D eigenvalue weighted by atomic mass is 16.4. The van der Waals surface area contributed by atoms with Gasteiger partial charge < -0.3 is 9.32 Å². The monoisotopic (exact) mass is 301 g/mol. The van der Waals surface area contributed by atoms with Crippen molar-refractivity contribution in [2.75, 3.05) is 20.1 Å². The van der Waals surface area contributed by atoms with Gasteiger partial charge in [0.15, 0.2) is 0 Å². The van der Waals surface area contributed by atoms with Crippen LogP contribution in [0.1, 0.15) is 29.5 Å². The number of aryl methyl sites for hydroxylation is 2. The molecule has 0 spiro atoms. The largest absolute Gasteiger partial charge is 0.445 e. The van der Waals surface area contributed by atoms with Crippen molar-refractivity contribution < 1.29 is 4.42 Å². The SMILES string of the molecule is Cc1cnc(CN(Cc2ncc(C)o2)C2CCN(C)C2)cn1. The van der Waals surface area contributed by atoms with E-state index in [-0.39, 0.29) is 0 Å². The van der Waals surface area contributed by atoms with Crippen LogP contribution in [0.3, 0.4) is 0 Å². The van der Waals surface area contributed by atoms with Gasteiger partial charge in [0.25, 0.3) is 0 Å². The molecular formula is C16H23N5O. The van der Waals surface area contributed by atoms with E-state index in [1.165, 1.54) is 0 Å². The number of hydrogen-bond acceptors (Lipinski definition) is 6. The van der Waals surface area contributed by atoms with E-state index in [1.54, 1.807) is 6.20 Å². The molecule has 1 aliphatic heterocycles. The van der Waals surface area contributed by atoms with E-state index >= 15 is 0 Å². The third kappa shape index (κ3) is 3.69. The van der Waals surface area contributed by atoms with Crippen molar-refractivity contribution in [3.8, 4) is 0 Å². The van der Waals surface area contributed by atoms with E-state index in [9.17, 15) is 0 Å². The number of hydrogen-bond donors (Lipinski definition) is 0. The van der Waals surface area contributed by atoms with E-state index in [0.717, 1.165) is 49.1 Å². The molecule has 3 rings (SSSR count).